The van der Waals surface area contributed by atoms with Gasteiger partial charge in [-0.15, -0.1) is 0 Å². The summed E-state index contributed by atoms with van der Waals surface area (Å²) in [4.78, 5) is 0. The molecule has 2 saturated heterocycles. The van der Waals surface area contributed by atoms with Crippen molar-refractivity contribution in [1.82, 2.24) is 0 Å². The van der Waals surface area contributed by atoms with Crippen molar-refractivity contribution in [2.75, 3.05) is 26.4 Å². The molecule has 0 aromatic rings. The van der Waals surface area contributed by atoms with Gasteiger partial charge in [0.1, 0.15) is 67.1 Å². The highest BCUT2D eigenvalue weighted by Crippen LogP contribution is 2.28. The molecule has 0 saturated carbocycles. The van der Waals surface area contributed by atoms with Crippen molar-refractivity contribution in [3.63, 3.8) is 0 Å². The van der Waals surface area contributed by atoms with Crippen LogP contribution in [-0.2, 0) is 14.2 Å². The molecule has 198 valence electrons. The maximum atomic E-state index is 9.94. The molecule has 13 N–H and O–H groups in total. The van der Waals surface area contributed by atoms with Gasteiger partial charge in [-0.05, 0) is 0 Å². The topological polar surface area (TPSA) is 291 Å². The molecule has 33 heavy (non-hydrogen) atoms. The largest absolute Gasteiger partial charge is 0.394 e. The third-order valence-corrected chi connectivity index (χ3v) is 5.14. The summed E-state index contributed by atoms with van der Waals surface area (Å²) in [5, 5.41) is 119. The summed E-state index contributed by atoms with van der Waals surface area (Å²) < 4.78 is 15.3. The van der Waals surface area contributed by atoms with Crippen molar-refractivity contribution in [3.8, 4) is 0 Å². The Morgan fingerprint density at radius 2 is 1.12 bits per heavy atom. The zero-order valence-electron chi connectivity index (χ0n) is 17.4. The van der Waals surface area contributed by atoms with Gasteiger partial charge in [-0.3, -0.25) is 0 Å². The van der Waals surface area contributed by atoms with Gasteiger partial charge in [-0.1, -0.05) is 0 Å². The third kappa shape index (κ3) is 7.67. The second-order valence-corrected chi connectivity index (χ2v) is 7.52. The number of aliphatic hydroxyl groups is 13. The normalized spacial score (nSPS) is 42.1. The van der Waals surface area contributed by atoms with Crippen LogP contribution in [-0.4, -0.2) is 173 Å². The maximum Gasteiger partial charge on any atom is 0.187 e. The Hall–Kier alpha value is -0.640. The smallest absolute Gasteiger partial charge is 0.187 e. The summed E-state index contributed by atoms with van der Waals surface area (Å²) in [6.07, 6.45) is -19.9. The highest BCUT2D eigenvalue weighted by molar-refractivity contribution is 4.93. The molecule has 2 aliphatic rings. The van der Waals surface area contributed by atoms with Crippen LogP contribution in [0, 0.1) is 0 Å². The van der Waals surface area contributed by atoms with Crippen LogP contribution in [0.3, 0.4) is 0 Å². The first-order chi connectivity index (χ1) is 15.4. The Bertz CT molecular complexity index is 527. The van der Waals surface area contributed by atoms with E-state index in [0.717, 1.165) is 0 Å². The molecule has 2 fully saturated rings. The summed E-state index contributed by atoms with van der Waals surface area (Å²) >= 11 is 0. The zero-order valence-corrected chi connectivity index (χ0v) is 17.4. The minimum absolute atomic E-state index is 0.641. The Balaban J connectivity index is 0.000000461. The molecule has 0 spiro atoms. The summed E-state index contributed by atoms with van der Waals surface area (Å²) in [7, 11) is 0. The first-order valence-corrected chi connectivity index (χ1v) is 9.97. The molecule has 0 radical (unpaired) electrons. The molecule has 0 aliphatic carbocycles. The van der Waals surface area contributed by atoms with E-state index in [1.54, 1.807) is 0 Å². The van der Waals surface area contributed by atoms with Crippen LogP contribution in [0.1, 0.15) is 0 Å². The van der Waals surface area contributed by atoms with E-state index in [4.69, 9.17) is 44.8 Å². The average Bonchev–Trinajstić information content (AvgIpc) is 2.82. The fourth-order valence-electron chi connectivity index (χ4n) is 3.04. The second-order valence-electron chi connectivity index (χ2n) is 7.52. The predicted molar refractivity (Wildman–Crippen MR) is 101 cm³/mol. The summed E-state index contributed by atoms with van der Waals surface area (Å²) in [5.74, 6) is 0. The Morgan fingerprint density at radius 1 is 0.606 bits per heavy atom. The second kappa shape index (κ2) is 14.0. The number of ether oxygens (including phenoxy) is 3. The summed E-state index contributed by atoms with van der Waals surface area (Å²) in [6, 6.07) is 0. The van der Waals surface area contributed by atoms with Gasteiger partial charge in [0.2, 0.25) is 0 Å². The molecule has 0 aromatic heterocycles. The van der Waals surface area contributed by atoms with E-state index >= 15 is 0 Å². The Morgan fingerprint density at radius 3 is 1.58 bits per heavy atom. The van der Waals surface area contributed by atoms with Gasteiger partial charge < -0.3 is 80.6 Å². The van der Waals surface area contributed by atoms with Crippen molar-refractivity contribution in [2.24, 2.45) is 0 Å². The molecule has 2 aliphatic heterocycles. The average molecular weight is 494 g/mol. The van der Waals surface area contributed by atoms with Crippen LogP contribution in [0.5, 0.6) is 0 Å². The monoisotopic (exact) mass is 494 g/mol. The van der Waals surface area contributed by atoms with E-state index < -0.39 is 106 Å². The van der Waals surface area contributed by atoms with Gasteiger partial charge >= 0.3 is 0 Å². The standard InChI is InChI=1S/C12H22O11.C5H12O5/c13-1-3-5(15)6(16)9(19)12(22-3)23-10-4(2-14)21-11(20)8(18)7(10)17;6-1-3(8)5(10)4(9)2-7/h3-20H,1-2H2;3-10H,1-2H2/t3-,4-,5+,6+,7-,8-,9-,10-,11-,12+;3-,4+,5?/m1./s1. The molecular weight excluding hydrogens is 460 g/mol. The van der Waals surface area contributed by atoms with Crippen LogP contribution < -0.4 is 0 Å². The molecule has 0 amide bonds. The van der Waals surface area contributed by atoms with Crippen LogP contribution in [0.25, 0.3) is 0 Å². The van der Waals surface area contributed by atoms with Gasteiger partial charge in [0.05, 0.1) is 26.4 Å². The minimum Gasteiger partial charge on any atom is -0.394 e. The predicted octanol–water partition coefficient (Wildman–Crippen LogP) is -8.34. The maximum absolute atomic E-state index is 9.94. The van der Waals surface area contributed by atoms with E-state index in [9.17, 15) is 35.7 Å². The van der Waals surface area contributed by atoms with Crippen LogP contribution >= 0.6 is 0 Å². The Kier molecular flexibility index (Phi) is 12.9. The van der Waals surface area contributed by atoms with E-state index in [-0.39, 0.29) is 0 Å². The highest BCUT2D eigenvalue weighted by atomic mass is 16.7. The van der Waals surface area contributed by atoms with Crippen molar-refractivity contribution in [1.29, 1.82) is 0 Å². The Labute approximate surface area is 187 Å². The summed E-state index contributed by atoms with van der Waals surface area (Å²) in [6.45, 7) is -2.63. The van der Waals surface area contributed by atoms with Gasteiger partial charge in [-0.2, -0.15) is 0 Å². The lowest BCUT2D eigenvalue weighted by Crippen LogP contribution is -2.64. The van der Waals surface area contributed by atoms with Crippen molar-refractivity contribution >= 4 is 0 Å². The molecule has 1 unspecified atom stereocenters. The van der Waals surface area contributed by atoms with E-state index in [1.807, 2.05) is 0 Å². The van der Waals surface area contributed by atoms with E-state index in [2.05, 4.69) is 0 Å². The molecule has 13 atom stereocenters. The number of rotatable bonds is 8. The van der Waals surface area contributed by atoms with E-state index in [1.165, 1.54) is 0 Å². The van der Waals surface area contributed by atoms with Crippen molar-refractivity contribution < 1.29 is 80.6 Å². The lowest BCUT2D eigenvalue weighted by Gasteiger charge is -2.45. The first kappa shape index (κ1) is 30.4. The van der Waals surface area contributed by atoms with Gasteiger partial charge in [0.25, 0.3) is 0 Å². The fourth-order valence-corrected chi connectivity index (χ4v) is 3.04. The molecule has 2 heterocycles. The molecule has 16 heteroatoms. The van der Waals surface area contributed by atoms with Crippen LogP contribution in [0.2, 0.25) is 0 Å². The first-order valence-electron chi connectivity index (χ1n) is 9.97. The SMILES string of the molecule is OC[C@@H](O)C(O)[C@@H](O)CO.OC[C@H]1O[C@@H](O[C@H]2[C@H](O)[C@@H](O)[C@H](O)O[C@@H]2CO)[C@H](O)[C@@H](O)[C@H]1O. The lowest BCUT2D eigenvalue weighted by molar-refractivity contribution is -0.355. The van der Waals surface area contributed by atoms with Crippen molar-refractivity contribution in [3.05, 3.63) is 0 Å². The third-order valence-electron chi connectivity index (χ3n) is 5.14. The van der Waals surface area contributed by atoms with Gasteiger partial charge in [0.15, 0.2) is 12.6 Å². The number of hydrogen-bond acceptors (Lipinski definition) is 16. The van der Waals surface area contributed by atoms with E-state index in [0.29, 0.717) is 0 Å². The van der Waals surface area contributed by atoms with Gasteiger partial charge in [-0.25, -0.2) is 0 Å². The number of aliphatic hydroxyl groups excluding tert-OH is 13. The minimum atomic E-state index is -1.74. The molecule has 16 nitrogen and oxygen atoms in total. The molecule has 0 aromatic carbocycles. The van der Waals surface area contributed by atoms with Crippen molar-refractivity contribution in [2.45, 2.75) is 79.7 Å². The fraction of sp³-hybridized carbons (Fsp3) is 1.00. The number of hydrogen-bond donors (Lipinski definition) is 13. The highest BCUT2D eigenvalue weighted by Gasteiger charge is 2.50. The van der Waals surface area contributed by atoms with Gasteiger partial charge in [0, 0.05) is 0 Å². The molecular formula is C17H34O16. The van der Waals surface area contributed by atoms with Crippen LogP contribution in [0.4, 0.5) is 0 Å². The quantitative estimate of drug-likeness (QED) is 0.149. The zero-order chi connectivity index (χ0) is 25.5. The molecule has 0 bridgehead atoms. The summed E-state index contributed by atoms with van der Waals surface area (Å²) in [5.41, 5.74) is 0. The lowest BCUT2D eigenvalue weighted by atomic mass is 9.97. The van der Waals surface area contributed by atoms with Crippen LogP contribution in [0.15, 0.2) is 0 Å². The molecule has 2 rings (SSSR count).